The molecule has 1 fully saturated rings. The van der Waals surface area contributed by atoms with Gasteiger partial charge in [0.05, 0.1) is 11.6 Å². The maximum Gasteiger partial charge on any atom is 0.419 e. The summed E-state index contributed by atoms with van der Waals surface area (Å²) in [6.45, 7) is 3.00. The number of nitrogens with one attached hydrogen (secondary N) is 1. The van der Waals surface area contributed by atoms with E-state index in [4.69, 9.17) is 16.0 Å². The van der Waals surface area contributed by atoms with Crippen LogP contribution in [0, 0.1) is 0 Å². The second kappa shape index (κ2) is 9.49. The number of amides is 1. The molecule has 7 heteroatoms. The van der Waals surface area contributed by atoms with E-state index in [1.807, 2.05) is 42.5 Å². The van der Waals surface area contributed by atoms with Crippen LogP contribution < -0.4 is 11.1 Å². The molecule has 30 heavy (non-hydrogen) atoms. The van der Waals surface area contributed by atoms with Gasteiger partial charge in [-0.1, -0.05) is 41.9 Å². The predicted octanol–water partition coefficient (Wildman–Crippen LogP) is 3.98. The number of rotatable bonds is 8. The Morgan fingerprint density at radius 2 is 1.83 bits per heavy atom. The van der Waals surface area contributed by atoms with Crippen LogP contribution in [-0.4, -0.2) is 35.0 Å². The standard InChI is InChI=1S/C23H26ClN3O3/c24-18-9-2-1-8-17(18)20(26-13-5-6-14-26)16-25-22(28)12-7-15-27-19-10-3-4-11-21(19)30-23(27)29/h1-4,8-11,20H,5-7,12-16H2,(H,25,28)/t20-/m0/s1. The molecule has 158 valence electrons. The topological polar surface area (TPSA) is 67.5 Å². The van der Waals surface area contributed by atoms with E-state index < -0.39 is 0 Å². The first-order valence-corrected chi connectivity index (χ1v) is 10.8. The Kier molecular flexibility index (Phi) is 6.55. The molecule has 1 saturated heterocycles. The minimum Gasteiger partial charge on any atom is -0.408 e. The van der Waals surface area contributed by atoms with Gasteiger partial charge in [0.2, 0.25) is 5.91 Å². The van der Waals surface area contributed by atoms with Crippen LogP contribution in [0.4, 0.5) is 0 Å². The largest absolute Gasteiger partial charge is 0.419 e. The molecule has 2 heterocycles. The molecule has 0 unspecified atom stereocenters. The summed E-state index contributed by atoms with van der Waals surface area (Å²) in [5, 5.41) is 3.80. The zero-order chi connectivity index (χ0) is 20.9. The Morgan fingerprint density at radius 1 is 1.10 bits per heavy atom. The Morgan fingerprint density at radius 3 is 2.63 bits per heavy atom. The van der Waals surface area contributed by atoms with E-state index in [9.17, 15) is 9.59 Å². The average Bonchev–Trinajstić information content (AvgIpc) is 3.38. The number of hydrogen-bond donors (Lipinski definition) is 1. The lowest BCUT2D eigenvalue weighted by atomic mass is 10.1. The third-order valence-electron chi connectivity index (χ3n) is 5.70. The lowest BCUT2D eigenvalue weighted by Gasteiger charge is -2.29. The molecule has 0 spiro atoms. The normalized spacial score (nSPS) is 15.5. The van der Waals surface area contributed by atoms with Crippen LogP contribution in [0.2, 0.25) is 5.02 Å². The quantitative estimate of drug-likeness (QED) is 0.590. The number of hydrogen-bond acceptors (Lipinski definition) is 4. The van der Waals surface area contributed by atoms with Gasteiger partial charge in [0.25, 0.3) is 0 Å². The van der Waals surface area contributed by atoms with E-state index in [0.717, 1.165) is 29.2 Å². The van der Waals surface area contributed by atoms with Crippen molar-refractivity contribution < 1.29 is 9.21 Å². The summed E-state index contributed by atoms with van der Waals surface area (Å²) in [5.41, 5.74) is 2.38. The fourth-order valence-corrected chi connectivity index (χ4v) is 4.42. The van der Waals surface area contributed by atoms with E-state index in [1.54, 1.807) is 10.6 Å². The van der Waals surface area contributed by atoms with Gasteiger partial charge in [0.1, 0.15) is 0 Å². The molecule has 0 radical (unpaired) electrons. The van der Waals surface area contributed by atoms with Crippen LogP contribution in [-0.2, 0) is 11.3 Å². The maximum absolute atomic E-state index is 12.5. The number of para-hydroxylation sites is 2. The van der Waals surface area contributed by atoms with Gasteiger partial charge in [-0.15, -0.1) is 0 Å². The van der Waals surface area contributed by atoms with Crippen molar-refractivity contribution in [2.45, 2.75) is 38.3 Å². The Labute approximate surface area is 180 Å². The van der Waals surface area contributed by atoms with Gasteiger partial charge in [0.15, 0.2) is 5.58 Å². The van der Waals surface area contributed by atoms with Crippen LogP contribution in [0.3, 0.4) is 0 Å². The smallest absolute Gasteiger partial charge is 0.408 e. The van der Waals surface area contributed by atoms with Crippen LogP contribution in [0.5, 0.6) is 0 Å². The van der Waals surface area contributed by atoms with Gasteiger partial charge in [0, 0.05) is 24.5 Å². The van der Waals surface area contributed by atoms with Crippen molar-refractivity contribution in [2.75, 3.05) is 19.6 Å². The second-order valence-corrected chi connectivity index (χ2v) is 8.08. The van der Waals surface area contributed by atoms with E-state index in [0.29, 0.717) is 31.5 Å². The molecule has 6 nitrogen and oxygen atoms in total. The number of likely N-dealkylation sites (tertiary alicyclic amines) is 1. The molecule has 3 aromatic rings. The fourth-order valence-electron chi connectivity index (χ4n) is 4.16. The van der Waals surface area contributed by atoms with Crippen molar-refractivity contribution >= 4 is 28.6 Å². The Bertz CT molecular complexity index is 1070. The second-order valence-electron chi connectivity index (χ2n) is 7.68. The van der Waals surface area contributed by atoms with Crippen molar-refractivity contribution in [1.29, 1.82) is 0 Å². The number of carbonyl (C=O) groups excluding carboxylic acids is 1. The highest BCUT2D eigenvalue weighted by Crippen LogP contribution is 2.29. The van der Waals surface area contributed by atoms with Crippen molar-refractivity contribution in [2.24, 2.45) is 0 Å². The van der Waals surface area contributed by atoms with Crippen molar-refractivity contribution in [1.82, 2.24) is 14.8 Å². The molecule has 1 aromatic heterocycles. The number of aromatic nitrogens is 1. The fraction of sp³-hybridized carbons (Fsp3) is 0.391. The number of aryl methyl sites for hydroxylation is 1. The van der Waals surface area contributed by atoms with Gasteiger partial charge in [-0.05, 0) is 56.1 Å². The molecule has 0 saturated carbocycles. The highest BCUT2D eigenvalue weighted by atomic mass is 35.5. The first-order chi connectivity index (χ1) is 14.6. The summed E-state index contributed by atoms with van der Waals surface area (Å²) >= 11 is 6.44. The Balaban J connectivity index is 1.34. The molecule has 1 amide bonds. The number of fused-ring (bicyclic) bond motifs is 1. The lowest BCUT2D eigenvalue weighted by Crippen LogP contribution is -2.37. The van der Waals surface area contributed by atoms with Crippen molar-refractivity contribution in [3.63, 3.8) is 0 Å². The van der Waals surface area contributed by atoms with Gasteiger partial charge < -0.3 is 9.73 Å². The number of oxazole rings is 1. The Hall–Kier alpha value is -2.57. The third kappa shape index (κ3) is 4.60. The van der Waals surface area contributed by atoms with E-state index in [1.165, 1.54) is 12.8 Å². The number of carbonyl (C=O) groups is 1. The highest BCUT2D eigenvalue weighted by molar-refractivity contribution is 6.31. The van der Waals surface area contributed by atoms with E-state index in [2.05, 4.69) is 10.2 Å². The van der Waals surface area contributed by atoms with Crippen LogP contribution >= 0.6 is 11.6 Å². The first-order valence-electron chi connectivity index (χ1n) is 10.5. The number of benzene rings is 2. The number of halogens is 1. The molecule has 1 N–H and O–H groups in total. The van der Waals surface area contributed by atoms with Gasteiger partial charge >= 0.3 is 5.76 Å². The van der Waals surface area contributed by atoms with E-state index in [-0.39, 0.29) is 17.7 Å². The maximum atomic E-state index is 12.5. The lowest BCUT2D eigenvalue weighted by molar-refractivity contribution is -0.121. The minimum atomic E-state index is -0.385. The average molecular weight is 428 g/mol. The van der Waals surface area contributed by atoms with Crippen molar-refractivity contribution in [3.8, 4) is 0 Å². The molecule has 0 aliphatic carbocycles. The van der Waals surface area contributed by atoms with E-state index >= 15 is 0 Å². The minimum absolute atomic E-state index is 0.0212. The number of nitrogens with zero attached hydrogens (tertiary/aromatic N) is 2. The SMILES string of the molecule is O=C(CCCn1c(=O)oc2ccccc21)NC[C@@H](c1ccccc1Cl)N1CCCC1. The van der Waals surface area contributed by atoms with Crippen LogP contribution in [0.15, 0.2) is 57.7 Å². The first kappa shape index (κ1) is 20.7. The summed E-state index contributed by atoms with van der Waals surface area (Å²) in [5.74, 6) is -0.406. The summed E-state index contributed by atoms with van der Waals surface area (Å²) in [6.07, 6.45) is 3.25. The predicted molar refractivity (Wildman–Crippen MR) is 118 cm³/mol. The third-order valence-corrected chi connectivity index (χ3v) is 6.04. The van der Waals surface area contributed by atoms with Crippen LogP contribution in [0.25, 0.3) is 11.1 Å². The monoisotopic (exact) mass is 427 g/mol. The zero-order valence-electron chi connectivity index (χ0n) is 16.9. The van der Waals surface area contributed by atoms with Gasteiger partial charge in [-0.2, -0.15) is 0 Å². The molecule has 4 rings (SSSR count). The molecule has 1 atom stereocenters. The summed E-state index contributed by atoms with van der Waals surface area (Å²) in [7, 11) is 0. The van der Waals surface area contributed by atoms with Gasteiger partial charge in [-0.3, -0.25) is 14.3 Å². The highest BCUT2D eigenvalue weighted by Gasteiger charge is 2.25. The molecular weight excluding hydrogens is 402 g/mol. The molecular formula is C23H26ClN3O3. The zero-order valence-corrected chi connectivity index (χ0v) is 17.6. The molecule has 0 bridgehead atoms. The molecule has 1 aliphatic heterocycles. The molecule has 1 aliphatic rings. The van der Waals surface area contributed by atoms with Crippen LogP contribution in [0.1, 0.15) is 37.3 Å². The van der Waals surface area contributed by atoms with Gasteiger partial charge in [-0.25, -0.2) is 4.79 Å². The summed E-state index contributed by atoms with van der Waals surface area (Å²) in [4.78, 5) is 26.9. The van der Waals surface area contributed by atoms with Crippen molar-refractivity contribution in [3.05, 3.63) is 69.7 Å². The summed E-state index contributed by atoms with van der Waals surface area (Å²) in [6, 6.07) is 15.2. The molecule has 2 aromatic carbocycles. The summed E-state index contributed by atoms with van der Waals surface area (Å²) < 4.78 is 6.82.